The Morgan fingerprint density at radius 3 is 2.62 bits per heavy atom. The highest BCUT2D eigenvalue weighted by molar-refractivity contribution is 5.92. The second-order valence-electron chi connectivity index (χ2n) is 5.87. The first kappa shape index (κ1) is 15.0. The first-order valence-corrected chi connectivity index (χ1v) is 6.84. The number of pyridine rings is 1. The number of aromatic nitrogens is 3. The van der Waals surface area contributed by atoms with E-state index < -0.39 is 0 Å². The Morgan fingerprint density at radius 2 is 2.00 bits per heavy atom. The molecule has 0 spiro atoms. The van der Waals surface area contributed by atoms with E-state index in [0.717, 1.165) is 11.5 Å². The van der Waals surface area contributed by atoms with Crippen molar-refractivity contribution in [1.29, 1.82) is 0 Å². The van der Waals surface area contributed by atoms with Crippen LogP contribution in [0.1, 0.15) is 37.0 Å². The molecule has 0 unspecified atom stereocenters. The van der Waals surface area contributed by atoms with Crippen LogP contribution in [0.5, 0.6) is 0 Å². The number of hydrogen-bond donors (Lipinski definition) is 2. The van der Waals surface area contributed by atoms with Gasteiger partial charge in [-0.25, -0.2) is 9.67 Å². The van der Waals surface area contributed by atoms with Crippen molar-refractivity contribution in [3.8, 4) is 0 Å². The molecule has 21 heavy (non-hydrogen) atoms. The summed E-state index contributed by atoms with van der Waals surface area (Å²) in [4.78, 5) is 15.9. The third-order valence-corrected chi connectivity index (χ3v) is 2.93. The maximum Gasteiger partial charge on any atom is 0.269 e. The molecule has 2 rings (SSSR count). The standard InChI is InChI=1S/C15H21N5O/c1-10-9-13(20(19-10)15(2,3)4)18-12-8-6-7-11(17-12)14(21)16-5/h6-9H,1-5H3,(H,16,21)(H,17,18). The molecular formula is C15H21N5O. The highest BCUT2D eigenvalue weighted by Crippen LogP contribution is 2.23. The largest absolute Gasteiger partial charge is 0.354 e. The fraction of sp³-hybridized carbons (Fsp3) is 0.400. The van der Waals surface area contributed by atoms with E-state index in [4.69, 9.17) is 0 Å². The molecule has 2 heterocycles. The molecule has 0 atom stereocenters. The molecule has 0 aliphatic rings. The van der Waals surface area contributed by atoms with Gasteiger partial charge in [0.2, 0.25) is 0 Å². The number of nitrogens with zero attached hydrogens (tertiary/aromatic N) is 3. The van der Waals surface area contributed by atoms with Crippen LogP contribution in [0.15, 0.2) is 24.3 Å². The summed E-state index contributed by atoms with van der Waals surface area (Å²) in [5.74, 6) is 1.25. The molecule has 0 aliphatic heterocycles. The average Bonchev–Trinajstić information content (AvgIpc) is 2.79. The number of hydrogen-bond acceptors (Lipinski definition) is 4. The van der Waals surface area contributed by atoms with Crippen molar-refractivity contribution < 1.29 is 4.79 Å². The van der Waals surface area contributed by atoms with Crippen LogP contribution in [0.4, 0.5) is 11.6 Å². The molecule has 2 aromatic rings. The van der Waals surface area contributed by atoms with Crippen molar-refractivity contribution in [2.45, 2.75) is 33.2 Å². The number of anilines is 2. The Balaban J connectivity index is 2.33. The number of carbonyl (C=O) groups is 1. The lowest BCUT2D eigenvalue weighted by atomic mass is 10.1. The van der Waals surface area contributed by atoms with E-state index in [9.17, 15) is 4.79 Å². The zero-order valence-electron chi connectivity index (χ0n) is 13.1. The van der Waals surface area contributed by atoms with Crippen molar-refractivity contribution >= 4 is 17.5 Å². The van der Waals surface area contributed by atoms with E-state index in [1.54, 1.807) is 19.2 Å². The molecule has 0 radical (unpaired) electrons. The summed E-state index contributed by atoms with van der Waals surface area (Å²) >= 11 is 0. The van der Waals surface area contributed by atoms with E-state index >= 15 is 0 Å². The second kappa shape index (κ2) is 5.55. The third-order valence-electron chi connectivity index (χ3n) is 2.93. The average molecular weight is 287 g/mol. The molecule has 0 bridgehead atoms. The summed E-state index contributed by atoms with van der Waals surface area (Å²) in [7, 11) is 1.59. The van der Waals surface area contributed by atoms with Gasteiger partial charge in [-0.15, -0.1) is 0 Å². The molecule has 6 nitrogen and oxygen atoms in total. The first-order valence-electron chi connectivity index (χ1n) is 6.84. The van der Waals surface area contributed by atoms with Crippen LogP contribution < -0.4 is 10.6 Å². The van der Waals surface area contributed by atoms with Crippen molar-refractivity contribution in [2.75, 3.05) is 12.4 Å². The summed E-state index contributed by atoms with van der Waals surface area (Å²) in [5.41, 5.74) is 1.16. The van der Waals surface area contributed by atoms with E-state index in [-0.39, 0.29) is 11.4 Å². The summed E-state index contributed by atoms with van der Waals surface area (Å²) in [6, 6.07) is 7.25. The lowest BCUT2D eigenvalue weighted by Gasteiger charge is -2.22. The van der Waals surface area contributed by atoms with Gasteiger partial charge in [-0.1, -0.05) is 6.07 Å². The maximum absolute atomic E-state index is 11.6. The van der Waals surface area contributed by atoms with Gasteiger partial charge in [0, 0.05) is 13.1 Å². The minimum absolute atomic E-state index is 0.144. The lowest BCUT2D eigenvalue weighted by Crippen LogP contribution is -2.25. The van der Waals surface area contributed by atoms with Gasteiger partial charge in [-0.2, -0.15) is 5.10 Å². The van der Waals surface area contributed by atoms with Gasteiger partial charge in [0.1, 0.15) is 17.3 Å². The molecular weight excluding hydrogens is 266 g/mol. The SMILES string of the molecule is CNC(=O)c1cccc(Nc2cc(C)nn2C(C)(C)C)n1. The quantitative estimate of drug-likeness (QED) is 0.909. The fourth-order valence-electron chi connectivity index (χ4n) is 1.99. The van der Waals surface area contributed by atoms with Gasteiger partial charge in [0.25, 0.3) is 5.91 Å². The van der Waals surface area contributed by atoms with Crippen LogP contribution in [0.3, 0.4) is 0 Å². The highest BCUT2D eigenvalue weighted by Gasteiger charge is 2.19. The third kappa shape index (κ3) is 3.39. The zero-order valence-corrected chi connectivity index (χ0v) is 13.1. The maximum atomic E-state index is 11.6. The Morgan fingerprint density at radius 1 is 1.29 bits per heavy atom. The molecule has 6 heteroatoms. The van der Waals surface area contributed by atoms with E-state index in [2.05, 4.69) is 41.5 Å². The van der Waals surface area contributed by atoms with Crippen LogP contribution in [-0.2, 0) is 5.54 Å². The van der Waals surface area contributed by atoms with Crippen molar-refractivity contribution in [2.24, 2.45) is 0 Å². The smallest absolute Gasteiger partial charge is 0.269 e. The minimum atomic E-state index is -0.209. The molecule has 0 aliphatic carbocycles. The van der Waals surface area contributed by atoms with Crippen LogP contribution in [0.2, 0.25) is 0 Å². The highest BCUT2D eigenvalue weighted by atomic mass is 16.1. The van der Waals surface area contributed by atoms with E-state index in [0.29, 0.717) is 11.5 Å². The predicted molar refractivity (Wildman–Crippen MR) is 82.9 cm³/mol. The summed E-state index contributed by atoms with van der Waals surface area (Å²) in [5, 5.41) is 10.3. The molecule has 0 saturated carbocycles. The van der Waals surface area contributed by atoms with Crippen molar-refractivity contribution in [3.63, 3.8) is 0 Å². The number of carbonyl (C=O) groups excluding carboxylic acids is 1. The summed E-state index contributed by atoms with van der Waals surface area (Å²) in [6.45, 7) is 8.19. The van der Waals surface area contributed by atoms with Gasteiger partial charge in [0.05, 0.1) is 11.2 Å². The Kier molecular flexibility index (Phi) is 3.97. The fourth-order valence-corrected chi connectivity index (χ4v) is 1.99. The van der Waals surface area contributed by atoms with Gasteiger partial charge in [-0.3, -0.25) is 4.79 Å². The van der Waals surface area contributed by atoms with Crippen LogP contribution in [-0.4, -0.2) is 27.7 Å². The van der Waals surface area contributed by atoms with E-state index in [1.165, 1.54) is 0 Å². The Bertz CT molecular complexity index is 654. The molecule has 112 valence electrons. The molecule has 0 saturated heterocycles. The number of aryl methyl sites for hydroxylation is 1. The van der Waals surface area contributed by atoms with Gasteiger partial charge in [0.15, 0.2) is 0 Å². The van der Waals surface area contributed by atoms with Crippen LogP contribution >= 0.6 is 0 Å². The van der Waals surface area contributed by atoms with Gasteiger partial charge < -0.3 is 10.6 Å². The Hall–Kier alpha value is -2.37. The number of amides is 1. The molecule has 0 aromatic carbocycles. The van der Waals surface area contributed by atoms with E-state index in [1.807, 2.05) is 23.7 Å². The number of nitrogens with one attached hydrogen (secondary N) is 2. The minimum Gasteiger partial charge on any atom is -0.354 e. The van der Waals surface area contributed by atoms with Crippen LogP contribution in [0, 0.1) is 6.92 Å². The summed E-state index contributed by atoms with van der Waals surface area (Å²) in [6.07, 6.45) is 0. The van der Waals surface area contributed by atoms with Gasteiger partial charge in [-0.05, 0) is 39.8 Å². The molecule has 2 aromatic heterocycles. The molecule has 1 amide bonds. The first-order chi connectivity index (χ1) is 9.81. The lowest BCUT2D eigenvalue weighted by molar-refractivity contribution is 0.0958. The normalized spacial score (nSPS) is 11.3. The number of rotatable bonds is 3. The Labute approximate surface area is 124 Å². The van der Waals surface area contributed by atoms with Crippen molar-refractivity contribution in [3.05, 3.63) is 35.7 Å². The van der Waals surface area contributed by atoms with Crippen LogP contribution in [0.25, 0.3) is 0 Å². The topological polar surface area (TPSA) is 71.8 Å². The monoisotopic (exact) mass is 287 g/mol. The molecule has 0 fully saturated rings. The summed E-state index contributed by atoms with van der Waals surface area (Å²) < 4.78 is 1.91. The van der Waals surface area contributed by atoms with Gasteiger partial charge >= 0.3 is 0 Å². The predicted octanol–water partition coefficient (Wildman–Crippen LogP) is 2.44. The zero-order chi connectivity index (χ0) is 15.6. The van der Waals surface area contributed by atoms with Crippen molar-refractivity contribution in [1.82, 2.24) is 20.1 Å². The molecule has 2 N–H and O–H groups in total. The second-order valence-corrected chi connectivity index (χ2v) is 5.87.